The van der Waals surface area contributed by atoms with Crippen LogP contribution in [0.2, 0.25) is 0 Å². The first-order valence-electron chi connectivity index (χ1n) is 12.0. The second-order valence-electron chi connectivity index (χ2n) is 8.73. The van der Waals surface area contributed by atoms with E-state index in [2.05, 4.69) is 113 Å². The molecule has 4 aromatic carbocycles. The van der Waals surface area contributed by atoms with Crippen LogP contribution in [0.15, 0.2) is 97.1 Å². The Labute approximate surface area is 226 Å². The zero-order valence-corrected chi connectivity index (χ0v) is 23.2. The second kappa shape index (κ2) is 14.9. The molecule has 5 rings (SSSR count). The minimum absolute atomic E-state index is 0.0473. The Kier molecular flexibility index (Phi) is 11.9. The molecule has 0 bridgehead atoms. The number of aliphatic hydroxyl groups excluding tert-OH is 1. The van der Waals surface area contributed by atoms with Crippen molar-refractivity contribution in [3.8, 4) is 0 Å². The van der Waals surface area contributed by atoms with E-state index in [9.17, 15) is 5.11 Å². The van der Waals surface area contributed by atoms with Crippen molar-refractivity contribution in [2.24, 2.45) is 5.73 Å². The summed E-state index contributed by atoms with van der Waals surface area (Å²) >= 11 is 2.22. The predicted molar refractivity (Wildman–Crippen MR) is 149 cm³/mol. The van der Waals surface area contributed by atoms with E-state index in [-0.39, 0.29) is 12.1 Å². The van der Waals surface area contributed by atoms with E-state index in [1.54, 1.807) is 0 Å². The number of benzene rings is 4. The molecule has 2 nitrogen and oxygen atoms in total. The molecular formula is C30H33ClNOPPd. The third kappa shape index (κ3) is 7.71. The van der Waals surface area contributed by atoms with Crippen LogP contribution in [0.1, 0.15) is 44.2 Å². The normalized spacial score (nSPS) is 18.1. The number of nitrogens with two attached hydrogens (primary N) is 1. The fourth-order valence-corrected chi connectivity index (χ4v) is 7.65. The summed E-state index contributed by atoms with van der Waals surface area (Å²) in [5.41, 5.74) is 7.35. The zero-order chi connectivity index (χ0) is 25.0. The van der Waals surface area contributed by atoms with Crippen LogP contribution < -0.4 is 16.3 Å². The summed E-state index contributed by atoms with van der Waals surface area (Å²) < 4.78 is 0. The molecular weight excluding hydrogens is 563 g/mol. The van der Waals surface area contributed by atoms with Crippen molar-refractivity contribution < 1.29 is 23.3 Å². The number of rotatable bonds is 4. The molecule has 0 aromatic heterocycles. The van der Waals surface area contributed by atoms with E-state index in [0.717, 1.165) is 18.4 Å². The molecule has 35 heavy (non-hydrogen) atoms. The summed E-state index contributed by atoms with van der Waals surface area (Å²) in [5.74, 6) is 0. The molecule has 0 heterocycles. The molecule has 0 amide bonds. The van der Waals surface area contributed by atoms with Gasteiger partial charge in [0.1, 0.15) is 0 Å². The van der Waals surface area contributed by atoms with Crippen LogP contribution in [-0.2, 0) is 18.2 Å². The van der Waals surface area contributed by atoms with Crippen molar-refractivity contribution in [3.63, 3.8) is 0 Å². The van der Waals surface area contributed by atoms with Gasteiger partial charge in [0, 0.05) is 11.7 Å². The number of fused-ring (bicyclic) bond motifs is 1. The van der Waals surface area contributed by atoms with E-state index >= 15 is 0 Å². The standard InChI is InChI=1S/C18H21OP.C12H12N.ClH.Pd/c19-17-13-7-8-14-18(17)20(15-9-3-1-4-10-15)16-11-5-2-6-12-16;1-9(13)11-8-4-6-10-5-2-3-7-12(10)11;;/h1-6,9-12,17-19H,7-8,13-14H2;2-7,9H,13H2,1H3;1H;/q;-1;;+2/p-1/t17-,18-;9-;;/m01../s1. The van der Waals surface area contributed by atoms with Crippen molar-refractivity contribution in [2.45, 2.75) is 50.4 Å². The van der Waals surface area contributed by atoms with E-state index in [0.29, 0.717) is 5.66 Å². The topological polar surface area (TPSA) is 46.2 Å². The number of hydrogen-bond donors (Lipinski definition) is 2. The summed E-state index contributed by atoms with van der Waals surface area (Å²) in [5, 5.41) is 15.7. The van der Waals surface area contributed by atoms with Gasteiger partial charge in [-0.2, -0.15) is 18.2 Å². The summed E-state index contributed by atoms with van der Waals surface area (Å²) in [6.45, 7) is 1.98. The van der Waals surface area contributed by atoms with Gasteiger partial charge in [-0.05, 0) is 38.3 Å². The average Bonchev–Trinajstić information content (AvgIpc) is 2.92. The molecule has 0 saturated heterocycles. The van der Waals surface area contributed by atoms with Gasteiger partial charge in [-0.25, -0.2) is 0 Å². The Hall–Kier alpha value is -1.56. The van der Waals surface area contributed by atoms with Gasteiger partial charge in [0.2, 0.25) is 0 Å². The monoisotopic (exact) mass is 595 g/mol. The van der Waals surface area contributed by atoms with E-state index < -0.39 is 7.92 Å². The van der Waals surface area contributed by atoms with Crippen LogP contribution in [0.3, 0.4) is 0 Å². The van der Waals surface area contributed by atoms with Crippen molar-refractivity contribution in [3.05, 3.63) is 109 Å². The first-order valence-corrected chi connectivity index (χ1v) is 15.4. The molecule has 0 radical (unpaired) electrons. The fraction of sp³-hybridized carbons (Fsp3) is 0.267. The van der Waals surface area contributed by atoms with Crippen LogP contribution in [0.4, 0.5) is 0 Å². The van der Waals surface area contributed by atoms with Gasteiger partial charge < -0.3 is 10.8 Å². The number of halogens is 1. The van der Waals surface area contributed by atoms with E-state index in [4.69, 9.17) is 5.73 Å². The number of aliphatic hydroxyl groups is 1. The predicted octanol–water partition coefficient (Wildman–Crippen LogP) is 6.77. The first kappa shape index (κ1) is 28.0. The Morgan fingerprint density at radius 2 is 1.40 bits per heavy atom. The molecule has 3 N–H and O–H groups in total. The molecule has 3 atom stereocenters. The van der Waals surface area contributed by atoms with Crippen molar-refractivity contribution in [2.75, 3.05) is 0 Å². The third-order valence-corrected chi connectivity index (χ3v) is 9.28. The Morgan fingerprint density at radius 1 is 0.857 bits per heavy atom. The maximum absolute atomic E-state index is 10.5. The second-order valence-corrected chi connectivity index (χ2v) is 11.2. The Bertz CT molecular complexity index is 1100. The van der Waals surface area contributed by atoms with Gasteiger partial charge in [-0.15, -0.1) is 22.4 Å². The summed E-state index contributed by atoms with van der Waals surface area (Å²) in [7, 11) is 4.03. The van der Waals surface area contributed by atoms with Gasteiger partial charge in [0.05, 0.1) is 6.10 Å². The van der Waals surface area contributed by atoms with E-state index in [1.165, 1.54) is 34.2 Å². The molecule has 5 heteroatoms. The minimum atomic E-state index is -0.458. The fourth-order valence-electron chi connectivity index (χ4n) is 4.67. The molecule has 0 aliphatic heterocycles. The van der Waals surface area contributed by atoms with Crippen LogP contribution in [0, 0.1) is 6.07 Å². The molecule has 4 aromatic rings. The van der Waals surface area contributed by atoms with Crippen molar-refractivity contribution in [1.82, 2.24) is 0 Å². The van der Waals surface area contributed by atoms with Crippen molar-refractivity contribution >= 4 is 38.8 Å². The van der Waals surface area contributed by atoms with Crippen molar-refractivity contribution in [1.29, 1.82) is 0 Å². The molecule has 1 fully saturated rings. The van der Waals surface area contributed by atoms with Gasteiger partial charge in [0.25, 0.3) is 0 Å². The quantitative estimate of drug-likeness (QED) is 0.155. The van der Waals surface area contributed by atoms with Crippen LogP contribution >= 0.6 is 17.5 Å². The van der Waals surface area contributed by atoms with Gasteiger partial charge in [-0.1, -0.05) is 91.7 Å². The maximum atomic E-state index is 10.5. The molecule has 0 unspecified atom stereocenters. The van der Waals surface area contributed by atoms with Crippen LogP contribution in [0.5, 0.6) is 0 Å². The van der Waals surface area contributed by atoms with Gasteiger partial charge in [0.15, 0.2) is 0 Å². The Morgan fingerprint density at radius 3 is 1.97 bits per heavy atom. The summed E-state index contributed by atoms with van der Waals surface area (Å²) in [4.78, 5) is 0. The van der Waals surface area contributed by atoms with Gasteiger partial charge in [-0.3, -0.25) is 0 Å². The summed E-state index contributed by atoms with van der Waals surface area (Å²) in [6.07, 6.45) is 4.39. The molecule has 1 aliphatic carbocycles. The zero-order valence-electron chi connectivity index (χ0n) is 20.0. The van der Waals surface area contributed by atoms with Crippen LogP contribution in [0.25, 0.3) is 10.8 Å². The number of hydrogen-bond acceptors (Lipinski definition) is 2. The molecule has 0 spiro atoms. The van der Waals surface area contributed by atoms with Crippen LogP contribution in [-0.4, -0.2) is 16.9 Å². The van der Waals surface area contributed by atoms with Gasteiger partial charge >= 0.3 is 27.7 Å². The van der Waals surface area contributed by atoms with E-state index in [1.807, 2.05) is 25.1 Å². The molecule has 1 aliphatic rings. The SMILES string of the molecule is C[C@@H](N)c1[c-]ccc2ccccc12.O[C@H]1CCCC[C@@H]1P(c1ccccc1)c1ccccc1.[Cl][Pd+]. The Balaban J connectivity index is 0.000000197. The average molecular weight is 596 g/mol. The molecule has 1 saturated carbocycles. The summed E-state index contributed by atoms with van der Waals surface area (Å²) in [6, 6.07) is 36.9. The third-order valence-electron chi connectivity index (χ3n) is 6.30. The molecule has 186 valence electrons. The first-order chi connectivity index (χ1) is 17.1.